The van der Waals surface area contributed by atoms with Gasteiger partial charge in [0.1, 0.15) is 17.6 Å². The second-order valence-electron chi connectivity index (χ2n) is 6.57. The zero-order chi connectivity index (χ0) is 19.4. The highest BCUT2D eigenvalue weighted by Gasteiger charge is 2.31. The van der Waals surface area contributed by atoms with Gasteiger partial charge in [-0.05, 0) is 37.1 Å². The summed E-state index contributed by atoms with van der Waals surface area (Å²) >= 11 is 0. The van der Waals surface area contributed by atoms with Crippen LogP contribution in [0.4, 0.5) is 25.8 Å². The summed E-state index contributed by atoms with van der Waals surface area (Å²) < 4.78 is 28.6. The number of carbonyl (C=O) groups is 1. The molecule has 1 unspecified atom stereocenters. The van der Waals surface area contributed by atoms with Crippen LogP contribution in [0.5, 0.6) is 0 Å². The molecule has 0 saturated carbocycles. The number of hydrogen-bond donors (Lipinski definition) is 1. The van der Waals surface area contributed by atoms with Crippen molar-refractivity contribution >= 4 is 29.2 Å². The van der Waals surface area contributed by atoms with Crippen molar-refractivity contribution in [2.45, 2.75) is 32.6 Å². The maximum Gasteiger partial charge on any atom is 0.237 e. The fraction of sp³-hybridized carbons (Fsp3) is 0.333. The van der Waals surface area contributed by atoms with E-state index in [-0.39, 0.29) is 17.3 Å². The molecule has 1 heterocycles. The van der Waals surface area contributed by atoms with Crippen molar-refractivity contribution in [1.29, 1.82) is 0 Å². The van der Waals surface area contributed by atoms with Crippen LogP contribution in [-0.4, -0.2) is 25.2 Å². The van der Waals surface area contributed by atoms with E-state index >= 15 is 0 Å². The van der Waals surface area contributed by atoms with Crippen molar-refractivity contribution in [3.05, 3.63) is 53.6 Å². The van der Waals surface area contributed by atoms with Gasteiger partial charge in [-0.3, -0.25) is 9.79 Å². The van der Waals surface area contributed by atoms with Crippen LogP contribution in [0.1, 0.15) is 38.2 Å². The van der Waals surface area contributed by atoms with E-state index in [0.717, 1.165) is 25.9 Å². The van der Waals surface area contributed by atoms with Crippen LogP contribution in [0.3, 0.4) is 0 Å². The molecule has 1 amide bonds. The van der Waals surface area contributed by atoms with Crippen LogP contribution in [0, 0.1) is 11.6 Å². The SMILES string of the molecule is CCCN(CCC)c1ccc(N=CC2C(=O)Nc3cccc(F)c32)cc1F. The number of aliphatic imine (C=N–C) groups is 1. The molecule has 0 aliphatic carbocycles. The molecule has 3 rings (SSSR count). The van der Waals surface area contributed by atoms with Gasteiger partial charge in [0.2, 0.25) is 5.91 Å². The third kappa shape index (κ3) is 3.99. The standard InChI is InChI=1S/C21H23F2N3O/c1-3-10-26(11-4-2)19-9-8-14(12-17(19)23)24-13-15-20-16(22)6-5-7-18(20)25-21(15)27/h5-9,12-13,15H,3-4,10-11H2,1-2H3,(H,25,27). The molecule has 0 fully saturated rings. The maximum atomic E-state index is 14.6. The van der Waals surface area contributed by atoms with Gasteiger partial charge in [-0.25, -0.2) is 8.78 Å². The Morgan fingerprint density at radius 2 is 1.85 bits per heavy atom. The van der Waals surface area contributed by atoms with Crippen LogP contribution in [0.2, 0.25) is 0 Å². The Morgan fingerprint density at radius 3 is 2.52 bits per heavy atom. The average Bonchev–Trinajstić information content (AvgIpc) is 2.96. The normalized spacial score (nSPS) is 15.9. The van der Waals surface area contributed by atoms with Gasteiger partial charge in [0.15, 0.2) is 0 Å². The Hall–Kier alpha value is -2.76. The average molecular weight is 371 g/mol. The van der Waals surface area contributed by atoms with Crippen LogP contribution in [0.15, 0.2) is 41.4 Å². The molecule has 0 spiro atoms. The number of amides is 1. The first-order valence-electron chi connectivity index (χ1n) is 9.23. The van der Waals surface area contributed by atoms with E-state index in [1.165, 1.54) is 18.3 Å². The van der Waals surface area contributed by atoms with Crippen molar-refractivity contribution in [2.75, 3.05) is 23.3 Å². The number of nitrogens with zero attached hydrogens (tertiary/aromatic N) is 2. The molecule has 2 aromatic rings. The lowest BCUT2D eigenvalue weighted by molar-refractivity contribution is -0.115. The van der Waals surface area contributed by atoms with Crippen LogP contribution < -0.4 is 10.2 Å². The summed E-state index contributed by atoms with van der Waals surface area (Å²) in [5.74, 6) is -1.97. The van der Waals surface area contributed by atoms with Gasteiger partial charge in [0.25, 0.3) is 0 Å². The Morgan fingerprint density at radius 1 is 1.11 bits per heavy atom. The molecule has 1 aliphatic heterocycles. The molecular weight excluding hydrogens is 348 g/mol. The zero-order valence-corrected chi connectivity index (χ0v) is 15.5. The Labute approximate surface area is 157 Å². The van der Waals surface area contributed by atoms with E-state index in [9.17, 15) is 13.6 Å². The maximum absolute atomic E-state index is 14.6. The molecule has 142 valence electrons. The fourth-order valence-corrected chi connectivity index (χ4v) is 3.33. The van der Waals surface area contributed by atoms with Crippen molar-refractivity contribution in [2.24, 2.45) is 4.99 Å². The number of benzene rings is 2. The number of carbonyl (C=O) groups excluding carboxylic acids is 1. The lowest BCUT2D eigenvalue weighted by atomic mass is 10.0. The second-order valence-corrected chi connectivity index (χ2v) is 6.57. The van der Waals surface area contributed by atoms with Crippen LogP contribution in [-0.2, 0) is 4.79 Å². The Bertz CT molecular complexity index is 861. The summed E-state index contributed by atoms with van der Waals surface area (Å²) in [6.07, 6.45) is 3.23. The molecule has 1 aliphatic rings. The topological polar surface area (TPSA) is 44.7 Å². The van der Waals surface area contributed by atoms with Crippen LogP contribution >= 0.6 is 0 Å². The number of anilines is 2. The summed E-state index contributed by atoms with van der Waals surface area (Å²) in [5, 5.41) is 2.64. The zero-order valence-electron chi connectivity index (χ0n) is 15.5. The highest BCUT2D eigenvalue weighted by molar-refractivity contribution is 6.12. The van der Waals surface area contributed by atoms with Gasteiger partial charge in [-0.1, -0.05) is 19.9 Å². The van der Waals surface area contributed by atoms with E-state index in [1.807, 2.05) is 4.90 Å². The first-order chi connectivity index (χ1) is 13.0. The van der Waals surface area contributed by atoms with E-state index in [0.29, 0.717) is 17.1 Å². The molecule has 0 saturated heterocycles. The summed E-state index contributed by atoms with van der Waals surface area (Å²) in [6, 6.07) is 9.26. The van der Waals surface area contributed by atoms with Crippen molar-refractivity contribution in [3.8, 4) is 0 Å². The summed E-state index contributed by atoms with van der Waals surface area (Å²) in [6.45, 7) is 5.68. The number of nitrogens with one attached hydrogen (secondary N) is 1. The van der Waals surface area contributed by atoms with Crippen molar-refractivity contribution in [3.63, 3.8) is 0 Å². The molecule has 1 N–H and O–H groups in total. The van der Waals surface area contributed by atoms with Gasteiger partial charge < -0.3 is 10.2 Å². The van der Waals surface area contributed by atoms with E-state index in [2.05, 4.69) is 24.2 Å². The van der Waals surface area contributed by atoms with Gasteiger partial charge in [0, 0.05) is 36.6 Å². The minimum atomic E-state index is -0.819. The predicted molar refractivity (Wildman–Crippen MR) is 105 cm³/mol. The molecule has 0 radical (unpaired) electrons. The highest BCUT2D eigenvalue weighted by atomic mass is 19.1. The minimum Gasteiger partial charge on any atom is -0.369 e. The fourth-order valence-electron chi connectivity index (χ4n) is 3.33. The van der Waals surface area contributed by atoms with Crippen molar-refractivity contribution < 1.29 is 13.6 Å². The summed E-state index contributed by atoms with van der Waals surface area (Å²) in [7, 11) is 0. The molecule has 27 heavy (non-hydrogen) atoms. The predicted octanol–water partition coefficient (Wildman–Crippen LogP) is 5.03. The van der Waals surface area contributed by atoms with E-state index < -0.39 is 11.7 Å². The molecular formula is C21H23F2N3O. The molecule has 2 aromatic carbocycles. The summed E-state index contributed by atoms with van der Waals surface area (Å²) in [5.41, 5.74) is 1.67. The number of fused-ring (bicyclic) bond motifs is 1. The molecule has 0 bridgehead atoms. The first-order valence-corrected chi connectivity index (χ1v) is 9.23. The van der Waals surface area contributed by atoms with Gasteiger partial charge in [0.05, 0.1) is 11.4 Å². The smallest absolute Gasteiger partial charge is 0.237 e. The summed E-state index contributed by atoms with van der Waals surface area (Å²) in [4.78, 5) is 18.3. The van der Waals surface area contributed by atoms with E-state index in [4.69, 9.17) is 0 Å². The Balaban J connectivity index is 1.83. The first kappa shape index (κ1) is 19.0. The van der Waals surface area contributed by atoms with Crippen LogP contribution in [0.25, 0.3) is 0 Å². The third-order valence-corrected chi connectivity index (χ3v) is 4.54. The molecule has 0 aromatic heterocycles. The highest BCUT2D eigenvalue weighted by Crippen LogP contribution is 2.34. The molecule has 1 atom stereocenters. The van der Waals surface area contributed by atoms with Crippen molar-refractivity contribution in [1.82, 2.24) is 0 Å². The number of hydrogen-bond acceptors (Lipinski definition) is 3. The second kappa shape index (κ2) is 8.29. The third-order valence-electron chi connectivity index (χ3n) is 4.54. The minimum absolute atomic E-state index is 0.278. The van der Waals surface area contributed by atoms with Gasteiger partial charge in [-0.15, -0.1) is 0 Å². The Kier molecular flexibility index (Phi) is 5.84. The number of halogens is 2. The lowest BCUT2D eigenvalue weighted by Crippen LogP contribution is -2.25. The van der Waals surface area contributed by atoms with E-state index in [1.54, 1.807) is 24.3 Å². The monoisotopic (exact) mass is 371 g/mol. The molecule has 4 nitrogen and oxygen atoms in total. The van der Waals surface area contributed by atoms with Gasteiger partial charge >= 0.3 is 0 Å². The quantitative estimate of drug-likeness (QED) is 0.694. The lowest BCUT2D eigenvalue weighted by Gasteiger charge is -2.24. The largest absolute Gasteiger partial charge is 0.369 e. The molecule has 6 heteroatoms. The number of rotatable bonds is 7. The van der Waals surface area contributed by atoms with Gasteiger partial charge in [-0.2, -0.15) is 0 Å².